The van der Waals surface area contributed by atoms with E-state index >= 15 is 0 Å². The van der Waals surface area contributed by atoms with Crippen LogP contribution in [0, 0.1) is 12.7 Å². The van der Waals surface area contributed by atoms with Crippen LogP contribution in [0.5, 0.6) is 0 Å². The first-order valence-corrected chi connectivity index (χ1v) is 11.5. The van der Waals surface area contributed by atoms with Crippen LogP contribution in [0.4, 0.5) is 4.39 Å². The Morgan fingerprint density at radius 2 is 1.97 bits per heavy atom. The number of nitrogens with zero attached hydrogens (tertiary/aromatic N) is 3. The van der Waals surface area contributed by atoms with Crippen LogP contribution in [0.25, 0.3) is 15.9 Å². The maximum absolute atomic E-state index is 13.8. The first-order chi connectivity index (χ1) is 14.0. The van der Waals surface area contributed by atoms with Gasteiger partial charge in [0, 0.05) is 13.1 Å². The molecule has 154 valence electrons. The fourth-order valence-corrected chi connectivity index (χ4v) is 4.78. The van der Waals surface area contributed by atoms with E-state index in [2.05, 4.69) is 4.98 Å². The molecular weight excluding hydrogens is 409 g/mol. The number of carbonyl (C=O) groups is 1. The van der Waals surface area contributed by atoms with Gasteiger partial charge in [-0.1, -0.05) is 25.6 Å². The number of amides is 1. The van der Waals surface area contributed by atoms with Crippen molar-refractivity contribution in [1.82, 2.24) is 14.5 Å². The number of fused-ring (bicyclic) bond motifs is 1. The van der Waals surface area contributed by atoms with E-state index in [1.165, 1.54) is 33.7 Å². The topological polar surface area (TPSA) is 55.2 Å². The Morgan fingerprint density at radius 1 is 1.24 bits per heavy atom. The summed E-state index contributed by atoms with van der Waals surface area (Å²) >= 11 is 2.57. The Morgan fingerprint density at radius 3 is 2.62 bits per heavy atom. The molecule has 2 heterocycles. The van der Waals surface area contributed by atoms with Crippen LogP contribution in [-0.4, -0.2) is 39.2 Å². The molecule has 0 N–H and O–H groups in total. The second-order valence-corrected chi connectivity index (χ2v) is 8.63. The Kier molecular flexibility index (Phi) is 7.08. The van der Waals surface area contributed by atoms with Crippen molar-refractivity contribution >= 4 is 39.2 Å². The number of thiophene rings is 1. The number of aryl methyl sites for hydroxylation is 1. The van der Waals surface area contributed by atoms with E-state index in [9.17, 15) is 14.0 Å². The van der Waals surface area contributed by atoms with E-state index < -0.39 is 0 Å². The van der Waals surface area contributed by atoms with Crippen LogP contribution in [0.1, 0.15) is 32.3 Å². The minimum absolute atomic E-state index is 0.0280. The normalized spacial score (nSPS) is 11.2. The molecule has 3 aromatic rings. The average Bonchev–Trinajstić information content (AvgIpc) is 3.17. The third-order valence-electron chi connectivity index (χ3n) is 4.51. The van der Waals surface area contributed by atoms with Gasteiger partial charge >= 0.3 is 0 Å². The molecular formula is C21H24FN3O2S2. The van der Waals surface area contributed by atoms with Gasteiger partial charge in [0.1, 0.15) is 10.5 Å². The monoisotopic (exact) mass is 433 g/mol. The first kappa shape index (κ1) is 21.5. The maximum Gasteiger partial charge on any atom is 0.276 e. The molecule has 0 radical (unpaired) electrons. The summed E-state index contributed by atoms with van der Waals surface area (Å²) in [6, 6.07) is 6.34. The van der Waals surface area contributed by atoms with Crippen LogP contribution in [0.2, 0.25) is 0 Å². The van der Waals surface area contributed by atoms with Crippen molar-refractivity contribution in [2.24, 2.45) is 0 Å². The van der Waals surface area contributed by atoms with Crippen molar-refractivity contribution < 1.29 is 9.18 Å². The van der Waals surface area contributed by atoms with Gasteiger partial charge in [-0.25, -0.2) is 9.37 Å². The van der Waals surface area contributed by atoms with E-state index in [1.54, 1.807) is 25.1 Å². The number of thioether (sulfide) groups is 1. The van der Waals surface area contributed by atoms with Crippen LogP contribution in [0.15, 0.2) is 39.6 Å². The number of hydrogen-bond acceptors (Lipinski definition) is 5. The summed E-state index contributed by atoms with van der Waals surface area (Å²) in [5.41, 5.74) is 1.41. The largest absolute Gasteiger partial charge is 0.342 e. The van der Waals surface area contributed by atoms with E-state index in [0.717, 1.165) is 12.8 Å². The molecule has 0 aliphatic heterocycles. The number of benzene rings is 1. The van der Waals surface area contributed by atoms with Crippen molar-refractivity contribution in [3.05, 3.63) is 51.4 Å². The number of aromatic nitrogens is 2. The van der Waals surface area contributed by atoms with Gasteiger partial charge in [-0.2, -0.15) is 0 Å². The van der Waals surface area contributed by atoms with Gasteiger partial charge in [-0.3, -0.25) is 14.2 Å². The van der Waals surface area contributed by atoms with Crippen molar-refractivity contribution in [1.29, 1.82) is 0 Å². The van der Waals surface area contributed by atoms with E-state index in [-0.39, 0.29) is 23.0 Å². The molecule has 0 spiro atoms. The molecule has 1 amide bonds. The van der Waals surface area contributed by atoms with E-state index in [4.69, 9.17) is 0 Å². The Hall–Kier alpha value is -2.19. The molecule has 0 unspecified atom stereocenters. The molecule has 5 nitrogen and oxygen atoms in total. The van der Waals surface area contributed by atoms with Gasteiger partial charge in [0.05, 0.1) is 17.0 Å². The lowest BCUT2D eigenvalue weighted by Gasteiger charge is -2.21. The summed E-state index contributed by atoms with van der Waals surface area (Å²) in [6.45, 7) is 7.18. The highest BCUT2D eigenvalue weighted by molar-refractivity contribution is 7.99. The fraction of sp³-hybridized carbons (Fsp3) is 0.381. The molecule has 0 saturated carbocycles. The van der Waals surface area contributed by atoms with Crippen LogP contribution >= 0.6 is 23.1 Å². The van der Waals surface area contributed by atoms with Crippen molar-refractivity contribution in [2.75, 3.05) is 18.8 Å². The van der Waals surface area contributed by atoms with E-state index in [0.29, 0.717) is 39.7 Å². The van der Waals surface area contributed by atoms with Crippen molar-refractivity contribution in [3.63, 3.8) is 0 Å². The van der Waals surface area contributed by atoms with E-state index in [1.807, 2.05) is 24.1 Å². The Bertz CT molecular complexity index is 1070. The highest BCUT2D eigenvalue weighted by atomic mass is 32.2. The zero-order valence-electron chi connectivity index (χ0n) is 16.8. The fourth-order valence-electron chi connectivity index (χ4n) is 3.10. The van der Waals surface area contributed by atoms with Crippen molar-refractivity contribution in [2.45, 2.75) is 38.8 Å². The molecule has 0 aliphatic carbocycles. The van der Waals surface area contributed by atoms with Gasteiger partial charge in [0.15, 0.2) is 5.16 Å². The molecule has 29 heavy (non-hydrogen) atoms. The Labute approximate surface area is 177 Å². The number of halogens is 1. The molecule has 1 aromatic carbocycles. The second kappa shape index (κ2) is 9.54. The minimum atomic E-state index is -0.328. The van der Waals surface area contributed by atoms with Gasteiger partial charge in [-0.05, 0) is 55.0 Å². The standard InChI is InChI=1S/C21H24FN3O2S2/c1-4-9-24(10-5-2)18(26)13-29-21-23-17-8-11-28-19(17)20(27)25(21)15-6-7-16(22)14(3)12-15/h6-8,11-12H,4-5,9-10,13H2,1-3H3. The number of hydrogen-bond donors (Lipinski definition) is 0. The van der Waals surface area contributed by atoms with Crippen LogP contribution in [-0.2, 0) is 4.79 Å². The average molecular weight is 434 g/mol. The lowest BCUT2D eigenvalue weighted by molar-refractivity contribution is -0.128. The summed E-state index contributed by atoms with van der Waals surface area (Å²) in [6.07, 6.45) is 1.80. The molecule has 0 aliphatic rings. The highest BCUT2D eigenvalue weighted by Gasteiger charge is 2.18. The SMILES string of the molecule is CCCN(CCC)C(=O)CSc1nc2ccsc2c(=O)n1-c1ccc(F)c(C)c1. The molecule has 0 atom stereocenters. The van der Waals surface area contributed by atoms with Gasteiger partial charge in [-0.15, -0.1) is 11.3 Å². The third-order valence-corrected chi connectivity index (χ3v) is 6.33. The lowest BCUT2D eigenvalue weighted by atomic mass is 10.2. The zero-order valence-corrected chi connectivity index (χ0v) is 18.4. The van der Waals surface area contributed by atoms with Gasteiger partial charge in [0.25, 0.3) is 5.56 Å². The molecule has 3 rings (SSSR count). The molecule has 0 saturated heterocycles. The number of carbonyl (C=O) groups excluding carboxylic acids is 1. The van der Waals surface area contributed by atoms with Gasteiger partial charge in [0.2, 0.25) is 5.91 Å². The first-order valence-electron chi connectivity index (χ1n) is 9.63. The molecule has 2 aromatic heterocycles. The predicted octanol–water partition coefficient (Wildman–Crippen LogP) is 4.64. The second-order valence-electron chi connectivity index (χ2n) is 6.77. The molecule has 0 fully saturated rings. The maximum atomic E-state index is 13.8. The smallest absolute Gasteiger partial charge is 0.276 e. The summed E-state index contributed by atoms with van der Waals surface area (Å²) < 4.78 is 15.8. The molecule has 0 bridgehead atoms. The number of rotatable bonds is 8. The quantitative estimate of drug-likeness (QED) is 0.384. The molecule has 8 heteroatoms. The minimum Gasteiger partial charge on any atom is -0.342 e. The van der Waals surface area contributed by atoms with Gasteiger partial charge < -0.3 is 4.90 Å². The highest BCUT2D eigenvalue weighted by Crippen LogP contribution is 2.25. The summed E-state index contributed by atoms with van der Waals surface area (Å²) in [4.78, 5) is 32.3. The van der Waals surface area contributed by atoms with Crippen LogP contribution < -0.4 is 5.56 Å². The summed E-state index contributed by atoms with van der Waals surface area (Å²) in [5.74, 6) is -0.103. The third kappa shape index (κ3) is 4.70. The summed E-state index contributed by atoms with van der Waals surface area (Å²) in [7, 11) is 0. The van der Waals surface area contributed by atoms with Crippen molar-refractivity contribution in [3.8, 4) is 5.69 Å². The predicted molar refractivity (Wildman–Crippen MR) is 118 cm³/mol. The zero-order chi connectivity index (χ0) is 21.0. The summed E-state index contributed by atoms with van der Waals surface area (Å²) in [5, 5.41) is 2.26. The van der Waals surface area contributed by atoms with Crippen LogP contribution in [0.3, 0.4) is 0 Å². The lowest BCUT2D eigenvalue weighted by Crippen LogP contribution is -2.34. The Balaban J connectivity index is 1.99.